The Balaban J connectivity index is 1.92. The van der Waals surface area contributed by atoms with Crippen LogP contribution >= 0.6 is 23.2 Å². The quantitative estimate of drug-likeness (QED) is 0.405. The zero-order valence-corrected chi connectivity index (χ0v) is 13.1. The summed E-state index contributed by atoms with van der Waals surface area (Å²) in [4.78, 5) is 12.5. The molecule has 0 saturated carbocycles. The molecule has 5 nitrogen and oxygen atoms in total. The molecular weight excluding hydrogens is 339 g/mol. The van der Waals surface area contributed by atoms with Crippen LogP contribution in [0.3, 0.4) is 0 Å². The van der Waals surface area contributed by atoms with Gasteiger partial charge in [0.25, 0.3) is 5.78 Å². The normalized spacial score (nSPS) is 11.5. The van der Waals surface area contributed by atoms with Crippen LogP contribution in [0.1, 0.15) is 16.3 Å². The van der Waals surface area contributed by atoms with E-state index < -0.39 is 5.78 Å². The fraction of sp³-hybridized carbons (Fsp3) is 0. The van der Waals surface area contributed by atoms with Crippen LogP contribution in [-0.4, -0.2) is 11.5 Å². The number of hydrogen-bond donors (Lipinski definition) is 1. The molecule has 0 aliphatic carbocycles. The van der Waals surface area contributed by atoms with Gasteiger partial charge in [0.15, 0.2) is 17.2 Å². The molecule has 3 aromatic rings. The van der Waals surface area contributed by atoms with Crippen molar-refractivity contribution in [2.75, 3.05) is 5.43 Å². The summed E-state index contributed by atoms with van der Waals surface area (Å²) in [6.45, 7) is 0. The molecule has 0 bridgehead atoms. The van der Waals surface area contributed by atoms with Crippen molar-refractivity contribution in [2.24, 2.45) is 5.10 Å². The van der Waals surface area contributed by atoms with Gasteiger partial charge in [0.05, 0.1) is 28.3 Å². The lowest BCUT2D eigenvalue weighted by atomic mass is 10.1. The van der Waals surface area contributed by atoms with E-state index in [1.807, 2.05) is 0 Å². The smallest absolute Gasteiger partial charge is 0.252 e. The molecule has 0 spiro atoms. The Bertz CT molecular complexity index is 840. The standard InChI is InChI=1S/C16H10Cl2N2O3/c17-11-6-5-10(9-12(11)18)19-20-15(13-3-1-7-22-13)16(21)14-4-2-8-23-14/h1-9,19H/b20-15+. The van der Waals surface area contributed by atoms with Gasteiger partial charge in [0.2, 0.25) is 0 Å². The van der Waals surface area contributed by atoms with Crippen LogP contribution in [-0.2, 0) is 0 Å². The number of anilines is 1. The molecule has 1 N–H and O–H groups in total. The van der Waals surface area contributed by atoms with Crippen molar-refractivity contribution >= 4 is 40.4 Å². The molecule has 0 aliphatic heterocycles. The van der Waals surface area contributed by atoms with Gasteiger partial charge in [-0.3, -0.25) is 10.2 Å². The topological polar surface area (TPSA) is 67.7 Å². The third-order valence-electron chi connectivity index (χ3n) is 2.93. The van der Waals surface area contributed by atoms with E-state index in [9.17, 15) is 4.79 Å². The summed E-state index contributed by atoms with van der Waals surface area (Å²) >= 11 is 11.8. The van der Waals surface area contributed by atoms with Gasteiger partial charge in [0, 0.05) is 0 Å². The largest absolute Gasteiger partial charge is 0.462 e. The second-order valence-corrected chi connectivity index (χ2v) is 5.30. The number of rotatable bonds is 5. The molecule has 0 unspecified atom stereocenters. The number of nitrogens with zero attached hydrogens (tertiary/aromatic N) is 1. The maximum atomic E-state index is 12.5. The van der Waals surface area contributed by atoms with E-state index in [-0.39, 0.29) is 11.5 Å². The third-order valence-corrected chi connectivity index (χ3v) is 3.67. The number of carbonyl (C=O) groups is 1. The van der Waals surface area contributed by atoms with Gasteiger partial charge < -0.3 is 8.83 Å². The van der Waals surface area contributed by atoms with Crippen LogP contribution in [0.2, 0.25) is 10.0 Å². The van der Waals surface area contributed by atoms with Gasteiger partial charge in [-0.25, -0.2) is 0 Å². The molecule has 0 amide bonds. The number of carbonyl (C=O) groups excluding carboxylic acids is 1. The molecule has 2 aromatic heterocycles. The highest BCUT2D eigenvalue weighted by Gasteiger charge is 2.21. The number of Topliss-reactive ketones (excluding diaryl/α,β-unsaturated/α-hetero) is 1. The summed E-state index contributed by atoms with van der Waals surface area (Å²) in [5.41, 5.74) is 3.43. The molecule has 2 heterocycles. The zero-order valence-electron chi connectivity index (χ0n) is 11.6. The second-order valence-electron chi connectivity index (χ2n) is 4.48. The van der Waals surface area contributed by atoms with Gasteiger partial charge in [-0.05, 0) is 42.5 Å². The molecule has 0 saturated heterocycles. The molecule has 0 fully saturated rings. The Hall–Kier alpha value is -2.50. The number of halogens is 2. The van der Waals surface area contributed by atoms with E-state index in [1.54, 1.807) is 42.5 Å². The van der Waals surface area contributed by atoms with E-state index in [0.717, 1.165) is 0 Å². The molecule has 7 heteroatoms. The average molecular weight is 349 g/mol. The number of furan rings is 2. The lowest BCUT2D eigenvalue weighted by molar-refractivity contribution is 0.104. The number of nitrogens with one attached hydrogen (secondary N) is 1. The Morgan fingerprint density at radius 2 is 1.65 bits per heavy atom. The number of hydrazone groups is 1. The highest BCUT2D eigenvalue weighted by atomic mass is 35.5. The van der Waals surface area contributed by atoms with Gasteiger partial charge in [-0.2, -0.15) is 5.10 Å². The molecule has 3 rings (SSSR count). The Morgan fingerprint density at radius 1 is 0.957 bits per heavy atom. The van der Waals surface area contributed by atoms with Crippen LogP contribution in [0.25, 0.3) is 0 Å². The van der Waals surface area contributed by atoms with Crippen molar-refractivity contribution < 1.29 is 13.6 Å². The first-order valence-corrected chi connectivity index (χ1v) is 7.31. The van der Waals surface area contributed by atoms with E-state index in [4.69, 9.17) is 32.0 Å². The fourth-order valence-corrected chi connectivity index (χ4v) is 2.14. The molecule has 0 radical (unpaired) electrons. The monoisotopic (exact) mass is 348 g/mol. The Morgan fingerprint density at radius 3 is 2.26 bits per heavy atom. The van der Waals surface area contributed by atoms with Crippen LogP contribution in [0.15, 0.2) is 68.9 Å². The number of benzene rings is 1. The van der Waals surface area contributed by atoms with Gasteiger partial charge in [-0.15, -0.1) is 0 Å². The van der Waals surface area contributed by atoms with Crippen molar-refractivity contribution in [3.8, 4) is 0 Å². The Labute approximate surface area is 141 Å². The lowest BCUT2D eigenvalue weighted by Crippen LogP contribution is -2.16. The number of hydrogen-bond acceptors (Lipinski definition) is 5. The third kappa shape index (κ3) is 3.47. The minimum Gasteiger partial charge on any atom is -0.462 e. The molecular formula is C16H10Cl2N2O3. The van der Waals surface area contributed by atoms with E-state index in [1.165, 1.54) is 12.5 Å². The highest BCUT2D eigenvalue weighted by Crippen LogP contribution is 2.25. The average Bonchev–Trinajstić information content (AvgIpc) is 3.23. The summed E-state index contributed by atoms with van der Waals surface area (Å²) < 4.78 is 10.4. The zero-order chi connectivity index (χ0) is 16.2. The van der Waals surface area contributed by atoms with Crippen LogP contribution in [0, 0.1) is 0 Å². The number of ketones is 1. The molecule has 23 heavy (non-hydrogen) atoms. The summed E-state index contributed by atoms with van der Waals surface area (Å²) in [6.07, 6.45) is 2.87. The van der Waals surface area contributed by atoms with Crippen molar-refractivity contribution in [1.29, 1.82) is 0 Å². The molecule has 0 aliphatic rings. The van der Waals surface area contributed by atoms with Crippen LogP contribution < -0.4 is 5.43 Å². The van der Waals surface area contributed by atoms with Crippen molar-refractivity contribution in [1.82, 2.24) is 0 Å². The predicted molar refractivity (Wildman–Crippen MR) is 88.4 cm³/mol. The first kappa shape index (κ1) is 15.4. The van der Waals surface area contributed by atoms with Crippen molar-refractivity contribution in [3.63, 3.8) is 0 Å². The fourth-order valence-electron chi connectivity index (χ4n) is 1.84. The Kier molecular flexibility index (Phi) is 4.50. The maximum Gasteiger partial charge on any atom is 0.252 e. The summed E-state index contributed by atoms with van der Waals surface area (Å²) in [5, 5.41) is 4.93. The molecule has 1 aromatic carbocycles. The van der Waals surface area contributed by atoms with E-state index >= 15 is 0 Å². The first-order valence-electron chi connectivity index (χ1n) is 6.56. The summed E-state index contributed by atoms with van der Waals surface area (Å²) in [5.74, 6) is 0.0764. The van der Waals surface area contributed by atoms with Gasteiger partial charge in [-0.1, -0.05) is 23.2 Å². The van der Waals surface area contributed by atoms with Crippen LogP contribution in [0.4, 0.5) is 5.69 Å². The molecule has 116 valence electrons. The molecule has 0 atom stereocenters. The predicted octanol–water partition coefficient (Wildman–Crippen LogP) is 4.88. The van der Waals surface area contributed by atoms with Gasteiger partial charge >= 0.3 is 0 Å². The van der Waals surface area contributed by atoms with E-state index in [2.05, 4.69) is 10.5 Å². The second kappa shape index (κ2) is 6.73. The summed E-state index contributed by atoms with van der Waals surface area (Å²) in [7, 11) is 0. The lowest BCUT2D eigenvalue weighted by Gasteiger charge is -2.05. The minimum atomic E-state index is -0.405. The van der Waals surface area contributed by atoms with E-state index in [0.29, 0.717) is 21.5 Å². The van der Waals surface area contributed by atoms with Crippen molar-refractivity contribution in [3.05, 3.63) is 76.6 Å². The minimum absolute atomic E-state index is 0.0797. The maximum absolute atomic E-state index is 12.5. The first-order chi connectivity index (χ1) is 11.1. The SMILES string of the molecule is O=C(/C(=N/Nc1ccc(Cl)c(Cl)c1)c1ccco1)c1ccco1. The summed E-state index contributed by atoms with van der Waals surface area (Å²) in [6, 6.07) is 11.4. The highest BCUT2D eigenvalue weighted by molar-refractivity contribution is 6.50. The van der Waals surface area contributed by atoms with Crippen molar-refractivity contribution in [2.45, 2.75) is 0 Å². The van der Waals surface area contributed by atoms with Crippen LogP contribution in [0.5, 0.6) is 0 Å². The van der Waals surface area contributed by atoms with Gasteiger partial charge in [0.1, 0.15) is 0 Å².